The molecule has 1 heteroatoms. The van der Waals surface area contributed by atoms with Crippen LogP contribution in [-0.4, -0.2) is 0 Å². The quantitative estimate of drug-likeness (QED) is 0.497. The van der Waals surface area contributed by atoms with E-state index >= 15 is 0 Å². The summed E-state index contributed by atoms with van der Waals surface area (Å²) in [5.41, 5.74) is 0. The third kappa shape index (κ3) is 1.89. The normalized spacial score (nSPS) is 14.7. The van der Waals surface area contributed by atoms with Crippen LogP contribution in [-0.2, 0) is 32.7 Å². The first-order valence-electron chi connectivity index (χ1n) is 1.82. The standard InChI is InChI=1S/C5H6.Y/c1-2-4-5-3-1;/h1-4H,5H2;. The average molecular weight is 155 g/mol. The Bertz CT molecular complexity index is 62.0. The van der Waals surface area contributed by atoms with Crippen LogP contribution in [0.5, 0.6) is 0 Å². The van der Waals surface area contributed by atoms with Gasteiger partial charge >= 0.3 is 0 Å². The Hall–Kier alpha value is 0.584. The van der Waals surface area contributed by atoms with Crippen molar-refractivity contribution in [1.82, 2.24) is 0 Å². The molecule has 0 amide bonds. The van der Waals surface area contributed by atoms with Gasteiger partial charge in [0.05, 0.1) is 0 Å². The van der Waals surface area contributed by atoms with Gasteiger partial charge in [0.1, 0.15) is 0 Å². The van der Waals surface area contributed by atoms with Crippen LogP contribution in [0.1, 0.15) is 6.42 Å². The van der Waals surface area contributed by atoms with Gasteiger partial charge in [-0.2, -0.15) is 0 Å². The molecule has 0 aromatic heterocycles. The zero-order valence-electron chi connectivity index (χ0n) is 3.59. The van der Waals surface area contributed by atoms with Crippen molar-refractivity contribution in [3.8, 4) is 0 Å². The minimum Gasteiger partial charge on any atom is -0.0808 e. The van der Waals surface area contributed by atoms with Crippen LogP contribution in [0.15, 0.2) is 24.3 Å². The van der Waals surface area contributed by atoms with Crippen molar-refractivity contribution in [2.75, 3.05) is 0 Å². The Morgan fingerprint density at radius 1 is 1.00 bits per heavy atom. The van der Waals surface area contributed by atoms with Crippen molar-refractivity contribution >= 4 is 0 Å². The maximum atomic E-state index is 2.12. The molecule has 0 bridgehead atoms. The topological polar surface area (TPSA) is 0 Å². The van der Waals surface area contributed by atoms with E-state index in [1.807, 2.05) is 0 Å². The zero-order chi connectivity index (χ0) is 3.54. The summed E-state index contributed by atoms with van der Waals surface area (Å²) >= 11 is 0. The van der Waals surface area contributed by atoms with Gasteiger partial charge in [0, 0.05) is 32.7 Å². The van der Waals surface area contributed by atoms with Crippen LogP contribution in [0.4, 0.5) is 0 Å². The van der Waals surface area contributed by atoms with Crippen molar-refractivity contribution in [3.63, 3.8) is 0 Å². The summed E-state index contributed by atoms with van der Waals surface area (Å²) in [5.74, 6) is 0. The van der Waals surface area contributed by atoms with E-state index in [1.165, 1.54) is 0 Å². The average Bonchev–Trinajstić information content (AvgIpc) is 1.76. The fourth-order valence-electron chi connectivity index (χ4n) is 0.393. The Morgan fingerprint density at radius 3 is 1.67 bits per heavy atom. The number of allylic oxidation sites excluding steroid dienone is 4. The van der Waals surface area contributed by atoms with Gasteiger partial charge < -0.3 is 0 Å². The molecule has 0 aromatic carbocycles. The van der Waals surface area contributed by atoms with Crippen molar-refractivity contribution in [2.24, 2.45) is 0 Å². The van der Waals surface area contributed by atoms with Crippen LogP contribution in [0.25, 0.3) is 0 Å². The molecule has 29 valence electrons. The molecule has 0 unspecified atom stereocenters. The van der Waals surface area contributed by atoms with Gasteiger partial charge in [0.25, 0.3) is 0 Å². The Morgan fingerprint density at radius 2 is 1.50 bits per heavy atom. The maximum absolute atomic E-state index is 2.12. The van der Waals surface area contributed by atoms with Gasteiger partial charge in [-0.15, -0.1) is 0 Å². The first kappa shape index (κ1) is 6.58. The molecule has 0 heterocycles. The first-order valence-corrected chi connectivity index (χ1v) is 1.82. The van der Waals surface area contributed by atoms with Gasteiger partial charge in [-0.05, 0) is 6.42 Å². The second-order valence-electron chi connectivity index (χ2n) is 1.09. The smallest absolute Gasteiger partial charge is 0 e. The van der Waals surface area contributed by atoms with Gasteiger partial charge in [0.15, 0.2) is 0 Å². The SMILES string of the molecule is C1=CCC=C1.[Y]. The van der Waals surface area contributed by atoms with E-state index in [4.69, 9.17) is 0 Å². The van der Waals surface area contributed by atoms with Crippen molar-refractivity contribution < 1.29 is 32.7 Å². The van der Waals surface area contributed by atoms with E-state index in [-0.39, 0.29) is 32.7 Å². The molecule has 1 aliphatic carbocycles. The fraction of sp³-hybridized carbons (Fsp3) is 0.200. The predicted molar refractivity (Wildman–Crippen MR) is 22.9 cm³/mol. The minimum absolute atomic E-state index is 0. The van der Waals surface area contributed by atoms with Gasteiger partial charge in [-0.1, -0.05) is 24.3 Å². The van der Waals surface area contributed by atoms with E-state index in [0.717, 1.165) is 6.42 Å². The third-order valence-corrected chi connectivity index (χ3v) is 0.655. The van der Waals surface area contributed by atoms with Crippen LogP contribution >= 0.6 is 0 Å². The predicted octanol–water partition coefficient (Wildman–Crippen LogP) is 1.50. The molecule has 0 saturated carbocycles. The van der Waals surface area contributed by atoms with Crippen molar-refractivity contribution in [2.45, 2.75) is 6.42 Å². The molecular formula is C5H6Y. The second kappa shape index (κ2) is 3.76. The third-order valence-electron chi connectivity index (χ3n) is 0.655. The van der Waals surface area contributed by atoms with Crippen LogP contribution in [0, 0.1) is 0 Å². The Balaban J connectivity index is 0.000000250. The Labute approximate surface area is 63.2 Å². The van der Waals surface area contributed by atoms with Crippen molar-refractivity contribution in [1.29, 1.82) is 0 Å². The van der Waals surface area contributed by atoms with E-state index in [2.05, 4.69) is 24.3 Å². The van der Waals surface area contributed by atoms with Crippen molar-refractivity contribution in [3.05, 3.63) is 24.3 Å². The fourth-order valence-corrected chi connectivity index (χ4v) is 0.393. The molecule has 0 nitrogen and oxygen atoms in total. The number of hydrogen-bond donors (Lipinski definition) is 0. The summed E-state index contributed by atoms with van der Waals surface area (Å²) in [7, 11) is 0. The molecule has 0 saturated heterocycles. The minimum atomic E-state index is 0. The molecule has 0 aromatic rings. The molecule has 0 spiro atoms. The summed E-state index contributed by atoms with van der Waals surface area (Å²) in [6, 6.07) is 0. The zero-order valence-corrected chi connectivity index (χ0v) is 6.43. The van der Waals surface area contributed by atoms with Gasteiger partial charge in [0.2, 0.25) is 0 Å². The van der Waals surface area contributed by atoms with E-state index < -0.39 is 0 Å². The summed E-state index contributed by atoms with van der Waals surface area (Å²) in [6.07, 6.45) is 9.50. The molecule has 0 atom stereocenters. The second-order valence-corrected chi connectivity index (χ2v) is 1.09. The van der Waals surface area contributed by atoms with Gasteiger partial charge in [-0.3, -0.25) is 0 Å². The molecule has 1 aliphatic rings. The summed E-state index contributed by atoms with van der Waals surface area (Å²) < 4.78 is 0. The molecular weight excluding hydrogens is 149 g/mol. The molecule has 0 N–H and O–H groups in total. The monoisotopic (exact) mass is 155 g/mol. The largest absolute Gasteiger partial charge is 0.0808 e. The Kier molecular flexibility index (Phi) is 4.13. The number of hydrogen-bond acceptors (Lipinski definition) is 0. The van der Waals surface area contributed by atoms with Crippen LogP contribution < -0.4 is 0 Å². The van der Waals surface area contributed by atoms with Crippen LogP contribution in [0.2, 0.25) is 0 Å². The summed E-state index contributed by atoms with van der Waals surface area (Å²) in [4.78, 5) is 0. The van der Waals surface area contributed by atoms with Gasteiger partial charge in [-0.25, -0.2) is 0 Å². The molecule has 0 aliphatic heterocycles. The van der Waals surface area contributed by atoms with E-state index in [0.29, 0.717) is 0 Å². The summed E-state index contributed by atoms with van der Waals surface area (Å²) in [6.45, 7) is 0. The number of rotatable bonds is 0. The van der Waals surface area contributed by atoms with E-state index in [9.17, 15) is 0 Å². The summed E-state index contributed by atoms with van der Waals surface area (Å²) in [5, 5.41) is 0. The van der Waals surface area contributed by atoms with Crippen LogP contribution in [0.3, 0.4) is 0 Å². The molecule has 6 heavy (non-hydrogen) atoms. The maximum Gasteiger partial charge on any atom is 0 e. The van der Waals surface area contributed by atoms with E-state index in [1.54, 1.807) is 0 Å². The molecule has 1 radical (unpaired) electrons. The first-order chi connectivity index (χ1) is 2.50. The molecule has 0 fully saturated rings. The molecule has 1 rings (SSSR count).